The van der Waals surface area contributed by atoms with Crippen molar-refractivity contribution in [1.82, 2.24) is 15.2 Å². The molecule has 26 heavy (non-hydrogen) atoms. The van der Waals surface area contributed by atoms with Crippen molar-refractivity contribution in [3.8, 4) is 11.4 Å². The predicted octanol–water partition coefficient (Wildman–Crippen LogP) is 4.83. The zero-order valence-electron chi connectivity index (χ0n) is 16.3. The summed E-state index contributed by atoms with van der Waals surface area (Å²) >= 11 is 0. The second-order valence-corrected chi connectivity index (χ2v) is 7.37. The second-order valence-electron chi connectivity index (χ2n) is 7.37. The van der Waals surface area contributed by atoms with Crippen molar-refractivity contribution in [1.29, 1.82) is 0 Å². The van der Waals surface area contributed by atoms with E-state index in [0.717, 1.165) is 46.5 Å². The van der Waals surface area contributed by atoms with Gasteiger partial charge in [0.15, 0.2) is 0 Å². The fourth-order valence-corrected chi connectivity index (χ4v) is 3.25. The first kappa shape index (κ1) is 18.2. The molecule has 2 aromatic heterocycles. The fraction of sp³-hybridized carbons (Fsp3) is 0.429. The molecule has 1 aromatic carbocycles. The summed E-state index contributed by atoms with van der Waals surface area (Å²) in [6.07, 6.45) is 2.65. The number of H-pyrrole nitrogens is 2. The lowest BCUT2D eigenvalue weighted by Crippen LogP contribution is -2.24. The van der Waals surface area contributed by atoms with Gasteiger partial charge in [0.2, 0.25) is 5.91 Å². The Kier molecular flexibility index (Phi) is 5.16. The highest BCUT2D eigenvalue weighted by Gasteiger charge is 2.16. The summed E-state index contributed by atoms with van der Waals surface area (Å²) in [5.74, 6) is 0.768. The number of nitrogens with zero attached hydrogens (tertiary/aromatic N) is 2. The monoisotopic (exact) mass is 352 g/mol. The van der Waals surface area contributed by atoms with Crippen LogP contribution in [-0.2, 0) is 11.2 Å². The lowest BCUT2D eigenvalue weighted by molar-refractivity contribution is -0.118. The van der Waals surface area contributed by atoms with Gasteiger partial charge in [-0.3, -0.25) is 9.89 Å². The van der Waals surface area contributed by atoms with Crippen LogP contribution in [0.5, 0.6) is 0 Å². The maximum atomic E-state index is 12.0. The van der Waals surface area contributed by atoms with Crippen LogP contribution in [0.3, 0.4) is 0 Å². The summed E-state index contributed by atoms with van der Waals surface area (Å²) in [6.45, 7) is 8.45. The predicted molar refractivity (Wildman–Crippen MR) is 107 cm³/mol. The summed E-state index contributed by atoms with van der Waals surface area (Å²) in [6, 6.07) is 8.20. The number of fused-ring (bicyclic) bond motifs is 1. The van der Waals surface area contributed by atoms with Crippen molar-refractivity contribution in [3.05, 3.63) is 35.5 Å². The molecule has 5 nitrogen and oxygen atoms in total. The van der Waals surface area contributed by atoms with E-state index in [1.54, 1.807) is 4.90 Å². The molecular weight excluding hydrogens is 324 g/mol. The van der Waals surface area contributed by atoms with E-state index < -0.39 is 0 Å². The Morgan fingerprint density at radius 3 is 2.73 bits per heavy atom. The quantitative estimate of drug-likeness (QED) is 0.667. The molecule has 0 saturated carbocycles. The van der Waals surface area contributed by atoms with Gasteiger partial charge in [-0.05, 0) is 43.9 Å². The number of amides is 1. The molecule has 2 N–H and O–H groups in total. The molecule has 1 amide bonds. The first-order chi connectivity index (χ1) is 12.4. The van der Waals surface area contributed by atoms with Crippen LogP contribution in [0.1, 0.15) is 44.9 Å². The number of hydrogen-bond acceptors (Lipinski definition) is 2. The van der Waals surface area contributed by atoms with Crippen molar-refractivity contribution in [2.24, 2.45) is 5.92 Å². The lowest BCUT2D eigenvalue weighted by atomic mass is 10.00. The molecule has 0 saturated heterocycles. The zero-order valence-corrected chi connectivity index (χ0v) is 16.3. The number of anilines is 1. The second kappa shape index (κ2) is 7.36. The van der Waals surface area contributed by atoms with Crippen molar-refractivity contribution in [2.45, 2.75) is 47.0 Å². The van der Waals surface area contributed by atoms with Crippen molar-refractivity contribution in [2.75, 3.05) is 11.9 Å². The Labute approximate surface area is 154 Å². The third-order valence-corrected chi connectivity index (χ3v) is 4.97. The molecule has 0 aliphatic carbocycles. The topological polar surface area (TPSA) is 64.8 Å². The molecule has 0 fully saturated rings. The van der Waals surface area contributed by atoms with Gasteiger partial charge in [0.1, 0.15) is 5.69 Å². The number of carbonyl (C=O) groups excluding carboxylic acids is 1. The smallest absolute Gasteiger partial charge is 0.226 e. The Balaban J connectivity index is 1.96. The van der Waals surface area contributed by atoms with Gasteiger partial charge in [0, 0.05) is 41.3 Å². The molecule has 2 heterocycles. The minimum absolute atomic E-state index is 0.107. The van der Waals surface area contributed by atoms with E-state index in [0.29, 0.717) is 12.3 Å². The molecule has 0 unspecified atom stereocenters. The Morgan fingerprint density at radius 1 is 1.27 bits per heavy atom. The largest absolute Gasteiger partial charge is 0.353 e. The summed E-state index contributed by atoms with van der Waals surface area (Å²) in [7, 11) is 1.82. The molecule has 0 radical (unpaired) electrons. The van der Waals surface area contributed by atoms with Gasteiger partial charge in [0.25, 0.3) is 0 Å². The van der Waals surface area contributed by atoms with E-state index in [-0.39, 0.29) is 5.91 Å². The van der Waals surface area contributed by atoms with Gasteiger partial charge in [0.05, 0.1) is 5.69 Å². The van der Waals surface area contributed by atoms with E-state index in [4.69, 9.17) is 0 Å². The summed E-state index contributed by atoms with van der Waals surface area (Å²) in [4.78, 5) is 17.1. The van der Waals surface area contributed by atoms with E-state index in [2.05, 4.69) is 48.1 Å². The van der Waals surface area contributed by atoms with Crippen molar-refractivity contribution >= 4 is 22.5 Å². The van der Waals surface area contributed by atoms with Crippen LogP contribution in [0.4, 0.5) is 5.69 Å². The van der Waals surface area contributed by atoms with Crippen LogP contribution < -0.4 is 4.90 Å². The highest BCUT2D eigenvalue weighted by molar-refractivity contribution is 5.96. The Morgan fingerprint density at radius 2 is 2.04 bits per heavy atom. The van der Waals surface area contributed by atoms with Gasteiger partial charge < -0.3 is 9.88 Å². The molecule has 0 bridgehead atoms. The van der Waals surface area contributed by atoms with E-state index in [1.807, 2.05) is 26.1 Å². The van der Waals surface area contributed by atoms with E-state index in [1.165, 1.54) is 5.56 Å². The van der Waals surface area contributed by atoms with Gasteiger partial charge in [-0.2, -0.15) is 5.10 Å². The molecular formula is C21H28N4O. The van der Waals surface area contributed by atoms with Crippen LogP contribution in [0.15, 0.2) is 24.3 Å². The number of carbonyl (C=O) groups is 1. The molecule has 5 heteroatoms. The van der Waals surface area contributed by atoms with Gasteiger partial charge in [-0.1, -0.05) is 26.8 Å². The summed E-state index contributed by atoms with van der Waals surface area (Å²) < 4.78 is 0. The van der Waals surface area contributed by atoms with Crippen LogP contribution in [0.25, 0.3) is 22.3 Å². The first-order valence-electron chi connectivity index (χ1n) is 9.34. The van der Waals surface area contributed by atoms with Crippen LogP contribution in [0, 0.1) is 12.8 Å². The highest BCUT2D eigenvalue weighted by atomic mass is 16.2. The van der Waals surface area contributed by atoms with E-state index in [9.17, 15) is 4.79 Å². The summed E-state index contributed by atoms with van der Waals surface area (Å²) in [5.41, 5.74) is 6.35. The number of rotatable bonds is 6. The third-order valence-electron chi connectivity index (χ3n) is 4.97. The normalized spacial score (nSPS) is 11.5. The average molecular weight is 352 g/mol. The van der Waals surface area contributed by atoms with Gasteiger partial charge in [-0.25, -0.2) is 0 Å². The van der Waals surface area contributed by atoms with Crippen LogP contribution >= 0.6 is 0 Å². The maximum Gasteiger partial charge on any atom is 0.226 e. The fourth-order valence-electron chi connectivity index (χ4n) is 3.25. The maximum absolute atomic E-state index is 12.0. The summed E-state index contributed by atoms with van der Waals surface area (Å²) in [5, 5.41) is 8.79. The number of aromatic amines is 2. The number of aromatic nitrogens is 3. The highest BCUT2D eigenvalue weighted by Crippen LogP contribution is 2.30. The van der Waals surface area contributed by atoms with E-state index >= 15 is 0 Å². The first-order valence-corrected chi connectivity index (χ1v) is 9.34. The number of nitrogens with one attached hydrogen (secondary N) is 2. The average Bonchev–Trinajstić information content (AvgIpc) is 3.20. The number of hydrogen-bond donors (Lipinski definition) is 2. The Bertz CT molecular complexity index is 919. The molecule has 138 valence electrons. The Hall–Kier alpha value is -2.56. The molecule has 3 aromatic rings. The standard InChI is InChI=1S/C21H28N4O/c1-6-20(26)25(5)16-9-8-15-11-19(22-18(15)12-16)21-17(10-7-13(2)3)14(4)23-24-21/h8-9,11-13,22H,6-7,10H2,1-5H3,(H,23,24). The molecule has 0 aliphatic heterocycles. The van der Waals surface area contributed by atoms with Gasteiger partial charge >= 0.3 is 0 Å². The molecule has 0 spiro atoms. The minimum atomic E-state index is 0.107. The van der Waals surface area contributed by atoms with Crippen LogP contribution in [-0.4, -0.2) is 28.1 Å². The SMILES string of the molecule is CCC(=O)N(C)c1ccc2cc(-c3n[nH]c(C)c3CCC(C)C)[nH]c2c1. The number of aryl methyl sites for hydroxylation is 1. The lowest BCUT2D eigenvalue weighted by Gasteiger charge is -2.16. The van der Waals surface area contributed by atoms with Crippen molar-refractivity contribution < 1.29 is 4.79 Å². The molecule has 3 rings (SSSR count). The van der Waals surface area contributed by atoms with Crippen molar-refractivity contribution in [3.63, 3.8) is 0 Å². The van der Waals surface area contributed by atoms with Crippen LogP contribution in [0.2, 0.25) is 0 Å². The van der Waals surface area contributed by atoms with Gasteiger partial charge in [-0.15, -0.1) is 0 Å². The number of benzene rings is 1. The molecule has 0 atom stereocenters. The third kappa shape index (κ3) is 3.52. The zero-order chi connectivity index (χ0) is 18.8. The molecule has 0 aliphatic rings. The minimum Gasteiger partial charge on any atom is -0.353 e.